The van der Waals surface area contributed by atoms with Gasteiger partial charge in [0.25, 0.3) is 0 Å². The lowest BCUT2D eigenvalue weighted by Gasteiger charge is -2.08. The van der Waals surface area contributed by atoms with Crippen molar-refractivity contribution in [3.05, 3.63) is 59.4 Å². The number of anilines is 2. The number of methoxy groups -OCH3 is 2. The van der Waals surface area contributed by atoms with Crippen LogP contribution in [0.25, 0.3) is 12.2 Å². The first-order chi connectivity index (χ1) is 14.0. The summed E-state index contributed by atoms with van der Waals surface area (Å²) >= 11 is 0. The van der Waals surface area contributed by atoms with Crippen molar-refractivity contribution < 1.29 is 18.7 Å². The molecule has 3 rings (SSSR count). The maximum Gasteiger partial charge on any atom is 0.338 e. The Bertz CT molecular complexity index is 1030. The molecule has 0 aliphatic rings. The standard InChI is InChI=1S/C20H20FN5O3/c1-4-26-12-16(11-24-26)25-20-22-9-13(10-23-20)5-6-14-7-15(19(27)29-3)8-17(28-2)18(14)21/h5-12H,4H2,1-3H3,(H,22,23,25)/b6-5+. The third-order valence-electron chi connectivity index (χ3n) is 4.05. The minimum Gasteiger partial charge on any atom is -0.494 e. The predicted octanol–water partition coefficient (Wildman–Crippen LogP) is 3.54. The van der Waals surface area contributed by atoms with Gasteiger partial charge in [0.15, 0.2) is 11.6 Å². The van der Waals surface area contributed by atoms with Crippen molar-refractivity contribution in [1.82, 2.24) is 19.7 Å². The summed E-state index contributed by atoms with van der Waals surface area (Å²) in [5.74, 6) is -0.791. The van der Waals surface area contributed by atoms with E-state index >= 15 is 0 Å². The number of ether oxygens (including phenoxy) is 2. The van der Waals surface area contributed by atoms with E-state index in [0.717, 1.165) is 12.2 Å². The zero-order chi connectivity index (χ0) is 20.8. The second kappa shape index (κ2) is 8.96. The highest BCUT2D eigenvalue weighted by Crippen LogP contribution is 2.25. The van der Waals surface area contributed by atoms with E-state index < -0.39 is 11.8 Å². The molecule has 8 nitrogen and oxygen atoms in total. The molecule has 9 heteroatoms. The van der Waals surface area contributed by atoms with Crippen LogP contribution in [0.15, 0.2) is 36.9 Å². The number of nitrogens with zero attached hydrogens (tertiary/aromatic N) is 4. The number of benzene rings is 1. The van der Waals surface area contributed by atoms with Crippen LogP contribution in [0.5, 0.6) is 5.75 Å². The van der Waals surface area contributed by atoms with E-state index in [-0.39, 0.29) is 16.9 Å². The maximum absolute atomic E-state index is 14.5. The lowest BCUT2D eigenvalue weighted by molar-refractivity contribution is 0.0600. The van der Waals surface area contributed by atoms with Crippen LogP contribution < -0.4 is 10.1 Å². The summed E-state index contributed by atoms with van der Waals surface area (Å²) in [4.78, 5) is 20.2. The van der Waals surface area contributed by atoms with Gasteiger partial charge < -0.3 is 14.8 Å². The van der Waals surface area contributed by atoms with E-state index in [2.05, 4.69) is 20.4 Å². The minimum atomic E-state index is -0.580. The van der Waals surface area contributed by atoms with E-state index in [0.29, 0.717) is 11.5 Å². The molecule has 1 aromatic carbocycles. The van der Waals surface area contributed by atoms with Gasteiger partial charge in [-0.15, -0.1) is 0 Å². The van der Waals surface area contributed by atoms with Gasteiger partial charge in [-0.2, -0.15) is 5.10 Å². The molecule has 0 spiro atoms. The van der Waals surface area contributed by atoms with E-state index in [1.54, 1.807) is 29.3 Å². The van der Waals surface area contributed by atoms with Crippen LogP contribution in [0.3, 0.4) is 0 Å². The van der Waals surface area contributed by atoms with Crippen LogP contribution >= 0.6 is 0 Å². The molecule has 2 aromatic heterocycles. The Balaban J connectivity index is 1.78. The molecule has 150 valence electrons. The lowest BCUT2D eigenvalue weighted by Crippen LogP contribution is -2.03. The van der Waals surface area contributed by atoms with Crippen molar-refractivity contribution in [1.29, 1.82) is 0 Å². The number of hydrogen-bond acceptors (Lipinski definition) is 7. The highest BCUT2D eigenvalue weighted by molar-refractivity contribution is 5.91. The molecule has 0 aliphatic heterocycles. The number of aromatic nitrogens is 4. The number of rotatable bonds is 7. The number of carbonyl (C=O) groups is 1. The Morgan fingerprint density at radius 3 is 2.59 bits per heavy atom. The summed E-state index contributed by atoms with van der Waals surface area (Å²) in [5, 5.41) is 7.22. The highest BCUT2D eigenvalue weighted by Gasteiger charge is 2.14. The van der Waals surface area contributed by atoms with Crippen molar-refractivity contribution in [3.63, 3.8) is 0 Å². The molecular formula is C20H20FN5O3. The molecule has 29 heavy (non-hydrogen) atoms. The second-order valence-corrected chi connectivity index (χ2v) is 5.96. The van der Waals surface area contributed by atoms with E-state index in [4.69, 9.17) is 9.47 Å². The normalized spacial score (nSPS) is 10.9. The van der Waals surface area contributed by atoms with Gasteiger partial charge in [-0.25, -0.2) is 19.2 Å². The first-order valence-electron chi connectivity index (χ1n) is 8.79. The lowest BCUT2D eigenvalue weighted by atomic mass is 10.1. The maximum atomic E-state index is 14.5. The number of halogens is 1. The smallest absolute Gasteiger partial charge is 0.338 e. The molecule has 0 saturated carbocycles. The molecule has 0 atom stereocenters. The fourth-order valence-electron chi connectivity index (χ4n) is 2.53. The van der Waals surface area contributed by atoms with Gasteiger partial charge in [0.2, 0.25) is 5.95 Å². The van der Waals surface area contributed by atoms with Crippen molar-refractivity contribution in [2.45, 2.75) is 13.5 Å². The van der Waals surface area contributed by atoms with Gasteiger partial charge in [-0.1, -0.05) is 12.2 Å². The highest BCUT2D eigenvalue weighted by atomic mass is 19.1. The average molecular weight is 397 g/mol. The molecule has 0 fully saturated rings. The summed E-state index contributed by atoms with van der Waals surface area (Å²) in [6, 6.07) is 2.69. The molecule has 0 bridgehead atoms. The van der Waals surface area contributed by atoms with Crippen LogP contribution in [0.1, 0.15) is 28.4 Å². The minimum absolute atomic E-state index is 0.0454. The molecule has 0 unspecified atom stereocenters. The summed E-state index contributed by atoms with van der Waals surface area (Å²) in [6.07, 6.45) is 9.87. The molecule has 3 aromatic rings. The molecular weight excluding hydrogens is 377 g/mol. The summed E-state index contributed by atoms with van der Waals surface area (Å²) in [6.45, 7) is 2.76. The fraction of sp³-hybridized carbons (Fsp3) is 0.200. The van der Waals surface area contributed by atoms with Crippen LogP contribution in [0.2, 0.25) is 0 Å². The van der Waals surface area contributed by atoms with Gasteiger partial charge in [0, 0.05) is 36.3 Å². The quantitative estimate of drug-likeness (QED) is 0.610. The van der Waals surface area contributed by atoms with Gasteiger partial charge in [0.1, 0.15) is 0 Å². The number of hydrogen-bond donors (Lipinski definition) is 1. The van der Waals surface area contributed by atoms with Crippen LogP contribution in [-0.4, -0.2) is 39.9 Å². The average Bonchev–Trinajstić information content (AvgIpc) is 3.21. The topological polar surface area (TPSA) is 91.2 Å². The summed E-state index contributed by atoms with van der Waals surface area (Å²) in [5.41, 5.74) is 1.80. The Kier molecular flexibility index (Phi) is 6.18. The van der Waals surface area contributed by atoms with Crippen LogP contribution in [0, 0.1) is 5.82 Å². The number of carbonyl (C=O) groups excluding carboxylic acids is 1. The fourth-order valence-corrected chi connectivity index (χ4v) is 2.53. The summed E-state index contributed by atoms with van der Waals surface area (Å²) < 4.78 is 26.0. The van der Waals surface area contributed by atoms with Crippen LogP contribution in [-0.2, 0) is 11.3 Å². The van der Waals surface area contributed by atoms with Gasteiger partial charge in [0.05, 0.1) is 31.7 Å². The van der Waals surface area contributed by atoms with Crippen molar-refractivity contribution in [2.75, 3.05) is 19.5 Å². The van der Waals surface area contributed by atoms with Crippen molar-refractivity contribution in [3.8, 4) is 5.75 Å². The van der Waals surface area contributed by atoms with E-state index in [9.17, 15) is 9.18 Å². The van der Waals surface area contributed by atoms with Gasteiger partial charge >= 0.3 is 5.97 Å². The third kappa shape index (κ3) is 4.75. The zero-order valence-corrected chi connectivity index (χ0v) is 16.2. The number of esters is 1. The zero-order valence-electron chi connectivity index (χ0n) is 16.2. The van der Waals surface area contributed by atoms with Crippen LogP contribution in [0.4, 0.5) is 16.0 Å². The SMILES string of the molecule is CCn1cc(Nc2ncc(/C=C/c3cc(C(=O)OC)cc(OC)c3F)cn2)cn1. The van der Waals surface area contributed by atoms with Gasteiger partial charge in [-0.05, 0) is 19.1 Å². The molecule has 2 heterocycles. The van der Waals surface area contributed by atoms with Crippen molar-refractivity contribution >= 4 is 29.8 Å². The molecule has 0 aliphatic carbocycles. The summed E-state index contributed by atoms with van der Waals surface area (Å²) in [7, 11) is 2.59. The Labute approximate surface area is 167 Å². The number of nitrogens with one attached hydrogen (secondary N) is 1. The first kappa shape index (κ1) is 20.0. The van der Waals surface area contributed by atoms with Crippen molar-refractivity contribution in [2.24, 2.45) is 0 Å². The van der Waals surface area contributed by atoms with E-state index in [1.807, 2.05) is 13.1 Å². The molecule has 0 amide bonds. The largest absolute Gasteiger partial charge is 0.494 e. The monoisotopic (exact) mass is 397 g/mol. The molecule has 1 N–H and O–H groups in total. The second-order valence-electron chi connectivity index (χ2n) is 5.96. The first-order valence-corrected chi connectivity index (χ1v) is 8.79. The Morgan fingerprint density at radius 1 is 1.21 bits per heavy atom. The third-order valence-corrected chi connectivity index (χ3v) is 4.05. The van der Waals surface area contributed by atoms with E-state index in [1.165, 1.54) is 32.4 Å². The number of aryl methyl sites for hydroxylation is 1. The van der Waals surface area contributed by atoms with Gasteiger partial charge in [-0.3, -0.25) is 4.68 Å². The Hall–Kier alpha value is -3.75. The molecule has 0 saturated heterocycles. The molecule has 0 radical (unpaired) electrons. The predicted molar refractivity (Wildman–Crippen MR) is 106 cm³/mol. The Morgan fingerprint density at radius 2 is 1.97 bits per heavy atom.